The summed E-state index contributed by atoms with van der Waals surface area (Å²) < 4.78 is 5.48. The predicted octanol–water partition coefficient (Wildman–Crippen LogP) is 2.67. The average Bonchev–Trinajstić information content (AvgIpc) is 2.64. The number of anilines is 1. The Labute approximate surface area is 143 Å². The number of nitriles is 1. The maximum atomic E-state index is 8.84. The van der Waals surface area contributed by atoms with Gasteiger partial charge in [0.2, 0.25) is 0 Å². The molecule has 5 heteroatoms. The molecule has 0 spiro atoms. The molecular weight excluding hydrogens is 300 g/mol. The summed E-state index contributed by atoms with van der Waals surface area (Å²) in [5, 5.41) is 8.84. The van der Waals surface area contributed by atoms with E-state index >= 15 is 0 Å². The lowest BCUT2D eigenvalue weighted by molar-refractivity contribution is 0.249. The Kier molecular flexibility index (Phi) is 5.29. The van der Waals surface area contributed by atoms with Crippen molar-refractivity contribution in [3.8, 4) is 11.8 Å². The second-order valence-electron chi connectivity index (χ2n) is 5.86. The smallest absolute Gasteiger partial charge is 0.128 e. The molecule has 1 fully saturated rings. The molecule has 3 rings (SSSR count). The first-order valence-electron chi connectivity index (χ1n) is 8.33. The van der Waals surface area contributed by atoms with Crippen LogP contribution in [-0.2, 0) is 6.54 Å². The molecule has 1 saturated heterocycles. The molecule has 24 heavy (non-hydrogen) atoms. The van der Waals surface area contributed by atoms with Gasteiger partial charge in [-0.05, 0) is 36.8 Å². The van der Waals surface area contributed by atoms with E-state index in [1.807, 2.05) is 31.2 Å². The van der Waals surface area contributed by atoms with Crippen molar-refractivity contribution in [2.24, 2.45) is 0 Å². The van der Waals surface area contributed by atoms with Gasteiger partial charge in [0.1, 0.15) is 17.6 Å². The zero-order valence-electron chi connectivity index (χ0n) is 14.0. The lowest BCUT2D eigenvalue weighted by Gasteiger charge is -2.35. The molecule has 2 heterocycles. The third kappa shape index (κ3) is 4.03. The van der Waals surface area contributed by atoms with Crippen molar-refractivity contribution in [3.05, 3.63) is 53.7 Å². The predicted molar refractivity (Wildman–Crippen MR) is 94.1 cm³/mol. The highest BCUT2D eigenvalue weighted by molar-refractivity contribution is 5.42. The number of piperazine rings is 1. The van der Waals surface area contributed by atoms with Gasteiger partial charge in [0, 0.05) is 38.9 Å². The average molecular weight is 322 g/mol. The van der Waals surface area contributed by atoms with E-state index < -0.39 is 0 Å². The maximum absolute atomic E-state index is 8.84. The summed E-state index contributed by atoms with van der Waals surface area (Å²) in [6, 6.07) is 14.2. The fraction of sp³-hybridized carbons (Fsp3) is 0.368. The van der Waals surface area contributed by atoms with E-state index in [0.717, 1.165) is 44.3 Å². The molecule has 0 N–H and O–H groups in total. The summed E-state index contributed by atoms with van der Waals surface area (Å²) in [7, 11) is 0. The van der Waals surface area contributed by atoms with Crippen LogP contribution in [0.3, 0.4) is 0 Å². The highest BCUT2D eigenvalue weighted by Crippen LogP contribution is 2.17. The summed E-state index contributed by atoms with van der Waals surface area (Å²) >= 11 is 0. The van der Waals surface area contributed by atoms with Gasteiger partial charge < -0.3 is 9.64 Å². The molecule has 1 aliphatic rings. The summed E-state index contributed by atoms with van der Waals surface area (Å²) in [4.78, 5) is 9.11. The minimum absolute atomic E-state index is 0.605. The molecule has 0 unspecified atom stereocenters. The zero-order chi connectivity index (χ0) is 16.8. The highest BCUT2D eigenvalue weighted by Gasteiger charge is 2.18. The number of rotatable bonds is 5. The van der Waals surface area contributed by atoms with E-state index in [0.29, 0.717) is 12.2 Å². The van der Waals surface area contributed by atoms with Crippen molar-refractivity contribution >= 4 is 5.82 Å². The van der Waals surface area contributed by atoms with Crippen LogP contribution in [0.4, 0.5) is 5.82 Å². The number of hydrogen-bond donors (Lipinski definition) is 0. The molecule has 1 aromatic carbocycles. The molecule has 0 aliphatic carbocycles. The summed E-state index contributed by atoms with van der Waals surface area (Å²) in [5.74, 6) is 1.88. The molecular formula is C19H22N4O. The molecule has 0 atom stereocenters. The van der Waals surface area contributed by atoms with Crippen LogP contribution in [-0.4, -0.2) is 42.7 Å². The van der Waals surface area contributed by atoms with Crippen LogP contribution in [0.15, 0.2) is 42.6 Å². The molecule has 1 aromatic heterocycles. The number of benzene rings is 1. The fourth-order valence-electron chi connectivity index (χ4n) is 2.89. The van der Waals surface area contributed by atoms with E-state index in [-0.39, 0.29) is 0 Å². The van der Waals surface area contributed by atoms with Gasteiger partial charge in [-0.1, -0.05) is 12.1 Å². The molecule has 5 nitrogen and oxygen atoms in total. The van der Waals surface area contributed by atoms with Gasteiger partial charge in [-0.15, -0.1) is 0 Å². The van der Waals surface area contributed by atoms with Crippen LogP contribution in [0.25, 0.3) is 0 Å². The summed E-state index contributed by atoms with van der Waals surface area (Å²) in [6.07, 6.45) is 1.64. The molecule has 0 saturated carbocycles. The Morgan fingerprint density at radius 3 is 2.42 bits per heavy atom. The van der Waals surface area contributed by atoms with Gasteiger partial charge >= 0.3 is 0 Å². The first-order valence-corrected chi connectivity index (χ1v) is 8.33. The van der Waals surface area contributed by atoms with Crippen molar-refractivity contribution in [2.75, 3.05) is 37.7 Å². The van der Waals surface area contributed by atoms with Crippen molar-refractivity contribution < 1.29 is 4.74 Å². The van der Waals surface area contributed by atoms with Crippen molar-refractivity contribution in [3.63, 3.8) is 0 Å². The largest absolute Gasteiger partial charge is 0.494 e. The highest BCUT2D eigenvalue weighted by atomic mass is 16.5. The normalized spacial score (nSPS) is 15.1. The summed E-state index contributed by atoms with van der Waals surface area (Å²) in [5.41, 5.74) is 1.91. The monoisotopic (exact) mass is 322 g/mol. The van der Waals surface area contributed by atoms with E-state index in [9.17, 15) is 0 Å². The standard InChI is InChI=1S/C19H22N4O/c1-2-24-18-6-3-16(4-7-18)15-22-9-11-23(12-10-22)19-8-5-17(13-20)14-21-19/h3-8,14H,2,9-12,15H2,1H3. The van der Waals surface area contributed by atoms with E-state index in [2.05, 4.69) is 33.0 Å². The van der Waals surface area contributed by atoms with Crippen LogP contribution in [0.1, 0.15) is 18.1 Å². The van der Waals surface area contributed by atoms with Gasteiger partial charge in [-0.3, -0.25) is 4.90 Å². The van der Waals surface area contributed by atoms with Gasteiger partial charge in [0.15, 0.2) is 0 Å². The molecule has 1 aliphatic heterocycles. The van der Waals surface area contributed by atoms with Crippen molar-refractivity contribution in [1.82, 2.24) is 9.88 Å². The van der Waals surface area contributed by atoms with Gasteiger partial charge in [0.05, 0.1) is 12.2 Å². The fourth-order valence-corrected chi connectivity index (χ4v) is 2.89. The number of hydrogen-bond acceptors (Lipinski definition) is 5. The Balaban J connectivity index is 1.52. The number of aromatic nitrogens is 1. The number of pyridine rings is 1. The van der Waals surface area contributed by atoms with Crippen LogP contribution in [0.2, 0.25) is 0 Å². The van der Waals surface area contributed by atoms with E-state index in [4.69, 9.17) is 10.00 Å². The summed E-state index contributed by atoms with van der Waals surface area (Å²) in [6.45, 7) is 7.58. The van der Waals surface area contributed by atoms with Crippen LogP contribution >= 0.6 is 0 Å². The lowest BCUT2D eigenvalue weighted by atomic mass is 10.2. The second-order valence-corrected chi connectivity index (χ2v) is 5.86. The van der Waals surface area contributed by atoms with Crippen LogP contribution < -0.4 is 9.64 Å². The Hall–Kier alpha value is -2.58. The quantitative estimate of drug-likeness (QED) is 0.847. The SMILES string of the molecule is CCOc1ccc(CN2CCN(c3ccc(C#N)cn3)CC2)cc1. The minimum atomic E-state index is 0.605. The second kappa shape index (κ2) is 7.80. The third-order valence-electron chi connectivity index (χ3n) is 4.21. The van der Waals surface area contributed by atoms with E-state index in [1.165, 1.54) is 5.56 Å². The third-order valence-corrected chi connectivity index (χ3v) is 4.21. The maximum Gasteiger partial charge on any atom is 0.128 e. The Bertz CT molecular complexity index is 683. The van der Waals surface area contributed by atoms with Gasteiger partial charge in [-0.2, -0.15) is 5.26 Å². The molecule has 2 aromatic rings. The van der Waals surface area contributed by atoms with E-state index in [1.54, 1.807) is 6.20 Å². The van der Waals surface area contributed by atoms with Crippen molar-refractivity contribution in [1.29, 1.82) is 5.26 Å². The minimum Gasteiger partial charge on any atom is -0.494 e. The van der Waals surface area contributed by atoms with Gasteiger partial charge in [-0.25, -0.2) is 4.98 Å². The molecule has 0 bridgehead atoms. The van der Waals surface area contributed by atoms with Gasteiger partial charge in [0.25, 0.3) is 0 Å². The number of ether oxygens (including phenoxy) is 1. The molecule has 0 amide bonds. The van der Waals surface area contributed by atoms with Crippen LogP contribution in [0.5, 0.6) is 5.75 Å². The Morgan fingerprint density at radius 1 is 1.08 bits per heavy atom. The van der Waals surface area contributed by atoms with Crippen molar-refractivity contribution in [2.45, 2.75) is 13.5 Å². The number of nitrogens with zero attached hydrogens (tertiary/aromatic N) is 4. The Morgan fingerprint density at radius 2 is 1.83 bits per heavy atom. The zero-order valence-corrected chi connectivity index (χ0v) is 14.0. The lowest BCUT2D eigenvalue weighted by Crippen LogP contribution is -2.46. The molecule has 0 radical (unpaired) electrons. The topological polar surface area (TPSA) is 52.4 Å². The first kappa shape index (κ1) is 16.3. The first-order chi connectivity index (χ1) is 11.8. The molecule has 124 valence electrons. The van der Waals surface area contributed by atoms with Crippen LogP contribution in [0, 0.1) is 11.3 Å².